The highest BCUT2D eigenvalue weighted by Gasteiger charge is 2.38. The van der Waals surface area contributed by atoms with Crippen LogP contribution in [0.25, 0.3) is 0 Å². The molecule has 1 heteroatoms. The molecule has 1 atom stereocenters. The van der Waals surface area contributed by atoms with Crippen molar-refractivity contribution in [1.29, 1.82) is 0 Å². The first-order valence-corrected chi connectivity index (χ1v) is 4.62. The van der Waals surface area contributed by atoms with Gasteiger partial charge in [0, 0.05) is 13.1 Å². The van der Waals surface area contributed by atoms with Crippen molar-refractivity contribution in [2.24, 2.45) is 17.3 Å². The highest BCUT2D eigenvalue weighted by Crippen LogP contribution is 2.38. The van der Waals surface area contributed by atoms with E-state index < -0.39 is 0 Å². The summed E-state index contributed by atoms with van der Waals surface area (Å²) in [4.78, 5) is 2.45. The molecule has 0 aromatic rings. The first-order valence-electron chi connectivity index (χ1n) is 4.62. The predicted molar refractivity (Wildman–Crippen MR) is 49.6 cm³/mol. The van der Waals surface area contributed by atoms with E-state index in [1.807, 2.05) is 0 Å². The lowest BCUT2D eigenvalue weighted by atomic mass is 9.76. The zero-order chi connectivity index (χ0) is 8.65. The number of hydrogen-bond acceptors (Lipinski definition) is 1. The second kappa shape index (κ2) is 2.78. The molecule has 0 aromatic carbocycles. The first kappa shape index (κ1) is 9.05. The fourth-order valence-electron chi connectivity index (χ4n) is 2.57. The standard InChI is InChI=1S/C10H21N/c1-8(2)9-6-11(5)7-10(9,3)4/h8-9H,6-7H2,1-5H3. The van der Waals surface area contributed by atoms with Crippen molar-refractivity contribution in [2.45, 2.75) is 27.7 Å². The van der Waals surface area contributed by atoms with Crippen molar-refractivity contribution in [2.75, 3.05) is 20.1 Å². The maximum Gasteiger partial charge on any atom is 0.00330 e. The fourth-order valence-corrected chi connectivity index (χ4v) is 2.57. The van der Waals surface area contributed by atoms with E-state index in [0.717, 1.165) is 11.8 Å². The molecule has 0 bridgehead atoms. The van der Waals surface area contributed by atoms with E-state index in [2.05, 4.69) is 39.6 Å². The Morgan fingerprint density at radius 2 is 1.91 bits per heavy atom. The van der Waals surface area contributed by atoms with Gasteiger partial charge >= 0.3 is 0 Å². The molecule has 1 fully saturated rings. The highest BCUT2D eigenvalue weighted by atomic mass is 15.1. The Hall–Kier alpha value is -0.0400. The van der Waals surface area contributed by atoms with Gasteiger partial charge in [0.05, 0.1) is 0 Å². The van der Waals surface area contributed by atoms with Gasteiger partial charge in [-0.25, -0.2) is 0 Å². The monoisotopic (exact) mass is 155 g/mol. The van der Waals surface area contributed by atoms with Gasteiger partial charge in [0.1, 0.15) is 0 Å². The summed E-state index contributed by atoms with van der Waals surface area (Å²) in [6.07, 6.45) is 0. The lowest BCUT2D eigenvalue weighted by Crippen LogP contribution is -2.26. The summed E-state index contributed by atoms with van der Waals surface area (Å²) >= 11 is 0. The Morgan fingerprint density at radius 1 is 1.36 bits per heavy atom. The SMILES string of the molecule is CC(C)C1CN(C)CC1(C)C. The van der Waals surface area contributed by atoms with Gasteiger partial charge in [-0.1, -0.05) is 27.7 Å². The third-order valence-electron chi connectivity index (χ3n) is 2.99. The van der Waals surface area contributed by atoms with Crippen LogP contribution in [0.4, 0.5) is 0 Å². The van der Waals surface area contributed by atoms with Gasteiger partial charge in [-0.3, -0.25) is 0 Å². The van der Waals surface area contributed by atoms with Crippen LogP contribution in [0.1, 0.15) is 27.7 Å². The molecule has 1 aliphatic rings. The number of nitrogens with zero attached hydrogens (tertiary/aromatic N) is 1. The molecule has 1 saturated heterocycles. The molecule has 1 aliphatic heterocycles. The van der Waals surface area contributed by atoms with Crippen molar-refractivity contribution >= 4 is 0 Å². The van der Waals surface area contributed by atoms with Gasteiger partial charge in [0.25, 0.3) is 0 Å². The average molecular weight is 155 g/mol. The Balaban J connectivity index is 2.66. The van der Waals surface area contributed by atoms with Crippen LogP contribution in [-0.4, -0.2) is 25.0 Å². The predicted octanol–water partition coefficient (Wildman–Crippen LogP) is 2.23. The molecule has 0 spiro atoms. The van der Waals surface area contributed by atoms with Crippen LogP contribution in [-0.2, 0) is 0 Å². The van der Waals surface area contributed by atoms with Crippen LogP contribution in [0.5, 0.6) is 0 Å². The van der Waals surface area contributed by atoms with E-state index in [4.69, 9.17) is 0 Å². The lowest BCUT2D eigenvalue weighted by Gasteiger charge is -2.28. The fraction of sp³-hybridized carbons (Fsp3) is 1.00. The van der Waals surface area contributed by atoms with E-state index in [-0.39, 0.29) is 0 Å². The zero-order valence-corrected chi connectivity index (χ0v) is 8.52. The van der Waals surface area contributed by atoms with Crippen LogP contribution >= 0.6 is 0 Å². The number of likely N-dealkylation sites (tertiary alicyclic amines) is 1. The molecule has 0 aromatic heterocycles. The summed E-state index contributed by atoms with van der Waals surface area (Å²) in [7, 11) is 2.23. The van der Waals surface area contributed by atoms with E-state index in [9.17, 15) is 0 Å². The minimum atomic E-state index is 0.531. The average Bonchev–Trinajstić information content (AvgIpc) is 2.04. The highest BCUT2D eigenvalue weighted by molar-refractivity contribution is 4.90. The van der Waals surface area contributed by atoms with Crippen molar-refractivity contribution in [1.82, 2.24) is 4.90 Å². The molecule has 0 N–H and O–H groups in total. The summed E-state index contributed by atoms with van der Waals surface area (Å²) in [6.45, 7) is 12.0. The van der Waals surface area contributed by atoms with Gasteiger partial charge in [-0.2, -0.15) is 0 Å². The zero-order valence-electron chi connectivity index (χ0n) is 8.52. The van der Waals surface area contributed by atoms with Crippen molar-refractivity contribution in [3.8, 4) is 0 Å². The van der Waals surface area contributed by atoms with Crippen LogP contribution in [0.15, 0.2) is 0 Å². The van der Waals surface area contributed by atoms with Crippen LogP contribution in [0, 0.1) is 17.3 Å². The molecule has 0 aliphatic carbocycles. The van der Waals surface area contributed by atoms with Crippen molar-refractivity contribution < 1.29 is 0 Å². The Labute approximate surface area is 70.8 Å². The second-order valence-corrected chi connectivity index (χ2v) is 5.04. The molecule has 1 rings (SSSR count). The molecule has 0 saturated carbocycles. The van der Waals surface area contributed by atoms with Crippen molar-refractivity contribution in [3.63, 3.8) is 0 Å². The number of rotatable bonds is 1. The lowest BCUT2D eigenvalue weighted by molar-refractivity contribution is 0.223. The molecular formula is C10H21N. The Morgan fingerprint density at radius 3 is 2.09 bits per heavy atom. The normalized spacial score (nSPS) is 31.6. The molecule has 1 unspecified atom stereocenters. The van der Waals surface area contributed by atoms with Gasteiger partial charge in [0.2, 0.25) is 0 Å². The smallest absolute Gasteiger partial charge is 0.00330 e. The van der Waals surface area contributed by atoms with Crippen LogP contribution in [0.3, 0.4) is 0 Å². The van der Waals surface area contributed by atoms with E-state index in [1.54, 1.807) is 0 Å². The van der Waals surface area contributed by atoms with Gasteiger partial charge in [-0.15, -0.1) is 0 Å². The van der Waals surface area contributed by atoms with E-state index >= 15 is 0 Å². The summed E-state index contributed by atoms with van der Waals surface area (Å²) < 4.78 is 0. The Bertz CT molecular complexity index is 138. The van der Waals surface area contributed by atoms with Crippen LogP contribution < -0.4 is 0 Å². The van der Waals surface area contributed by atoms with Gasteiger partial charge < -0.3 is 4.90 Å². The van der Waals surface area contributed by atoms with E-state index in [1.165, 1.54) is 13.1 Å². The first-order chi connectivity index (χ1) is 4.93. The number of hydrogen-bond donors (Lipinski definition) is 0. The van der Waals surface area contributed by atoms with E-state index in [0.29, 0.717) is 5.41 Å². The Kier molecular flexibility index (Phi) is 2.29. The molecule has 1 heterocycles. The van der Waals surface area contributed by atoms with Gasteiger partial charge in [0.15, 0.2) is 0 Å². The minimum Gasteiger partial charge on any atom is -0.306 e. The summed E-state index contributed by atoms with van der Waals surface area (Å²) in [5, 5.41) is 0. The largest absolute Gasteiger partial charge is 0.306 e. The molecule has 0 amide bonds. The molecule has 0 radical (unpaired) electrons. The van der Waals surface area contributed by atoms with Crippen molar-refractivity contribution in [3.05, 3.63) is 0 Å². The molecule has 66 valence electrons. The molecule has 1 nitrogen and oxygen atoms in total. The minimum absolute atomic E-state index is 0.531. The molecule has 11 heavy (non-hydrogen) atoms. The maximum atomic E-state index is 2.45. The van der Waals surface area contributed by atoms with Crippen LogP contribution in [0.2, 0.25) is 0 Å². The maximum absolute atomic E-state index is 2.45. The topological polar surface area (TPSA) is 3.24 Å². The summed E-state index contributed by atoms with van der Waals surface area (Å²) in [5.74, 6) is 1.71. The summed E-state index contributed by atoms with van der Waals surface area (Å²) in [6, 6.07) is 0. The van der Waals surface area contributed by atoms with Gasteiger partial charge in [-0.05, 0) is 24.3 Å². The second-order valence-electron chi connectivity index (χ2n) is 5.04. The quantitative estimate of drug-likeness (QED) is 0.561. The third-order valence-corrected chi connectivity index (χ3v) is 2.99. The summed E-state index contributed by atoms with van der Waals surface area (Å²) in [5.41, 5.74) is 0.531. The third kappa shape index (κ3) is 1.76. The molecular weight excluding hydrogens is 134 g/mol.